The summed E-state index contributed by atoms with van der Waals surface area (Å²) < 4.78 is 56.3. The molecule has 2 atom stereocenters. The van der Waals surface area contributed by atoms with Crippen molar-refractivity contribution in [3.63, 3.8) is 0 Å². The monoisotopic (exact) mass is 501 g/mol. The van der Waals surface area contributed by atoms with Crippen LogP contribution in [-0.2, 0) is 19.2 Å². The lowest BCUT2D eigenvalue weighted by molar-refractivity contribution is -0.189. The molecule has 0 unspecified atom stereocenters. The van der Waals surface area contributed by atoms with Crippen molar-refractivity contribution in [1.29, 1.82) is 0 Å². The minimum absolute atomic E-state index is 0.0416. The lowest BCUT2D eigenvalue weighted by Crippen LogP contribution is -2.68. The average Bonchev–Trinajstić information content (AvgIpc) is 3.13. The van der Waals surface area contributed by atoms with Crippen LogP contribution in [0.1, 0.15) is 6.42 Å². The number of nitrogens with zero attached hydrogens (tertiary/aromatic N) is 2. The zero-order chi connectivity index (χ0) is 24.9. The maximum Gasteiger partial charge on any atom is 0.491 e. The van der Waals surface area contributed by atoms with Crippen LogP contribution in [0.2, 0.25) is 0 Å². The highest BCUT2D eigenvalue weighted by atomic mass is 32.2. The second kappa shape index (κ2) is 8.43. The number of carbonyl (C=O) groups excluding carboxylic acids is 3. The highest BCUT2D eigenvalue weighted by Crippen LogP contribution is 2.41. The zero-order valence-electron chi connectivity index (χ0n) is 17.0. The number of carboxylic acids is 1. The molecule has 14 heteroatoms. The van der Waals surface area contributed by atoms with Gasteiger partial charge in [0.25, 0.3) is 5.91 Å². The number of esters is 1. The maximum atomic E-state index is 14.2. The van der Waals surface area contributed by atoms with Crippen LogP contribution >= 0.6 is 11.8 Å². The summed E-state index contributed by atoms with van der Waals surface area (Å²) in [6, 6.07) is 2.19. The fourth-order valence-electron chi connectivity index (χ4n) is 3.80. The smallest absolute Gasteiger partial charge is 0.477 e. The molecule has 0 bridgehead atoms. The van der Waals surface area contributed by atoms with Gasteiger partial charge in [-0.1, -0.05) is 6.07 Å². The number of fused-ring (bicyclic) bond motifs is 1. The Balaban J connectivity index is 1.66. The fourth-order valence-corrected chi connectivity index (χ4v) is 5.05. The van der Waals surface area contributed by atoms with Crippen LogP contribution in [0.4, 0.5) is 23.2 Å². The predicted molar refractivity (Wildman–Crippen MR) is 109 cm³/mol. The number of ether oxygens (including phenoxy) is 1. The summed E-state index contributed by atoms with van der Waals surface area (Å²) in [5.41, 5.74) is 5.27. The van der Waals surface area contributed by atoms with E-state index in [1.165, 1.54) is 17.8 Å². The number of rotatable bonds is 4. The fraction of sp³-hybridized carbons (Fsp3) is 0.300. The summed E-state index contributed by atoms with van der Waals surface area (Å²) in [5, 5.41) is 9.08. The largest absolute Gasteiger partial charge is 0.491 e. The second-order valence-corrected chi connectivity index (χ2v) is 8.57. The molecule has 3 N–H and O–H groups in total. The van der Waals surface area contributed by atoms with Crippen LogP contribution in [0.5, 0.6) is 5.75 Å². The van der Waals surface area contributed by atoms with E-state index in [-0.39, 0.29) is 41.2 Å². The SMILES string of the molecule is N[C@@H]1C(=O)N2C(C(=O)O)=C(/C=C3\CCN(c4cccc(F)c4OC(=O)C(F)(F)F)C3=O)CS[C@H]12. The summed E-state index contributed by atoms with van der Waals surface area (Å²) in [7, 11) is 0. The van der Waals surface area contributed by atoms with Crippen LogP contribution in [0.25, 0.3) is 0 Å². The molecule has 0 radical (unpaired) electrons. The zero-order valence-corrected chi connectivity index (χ0v) is 17.8. The first-order chi connectivity index (χ1) is 15.9. The Morgan fingerprint density at radius 2 is 1.97 bits per heavy atom. The van der Waals surface area contributed by atoms with Crippen LogP contribution in [0.3, 0.4) is 0 Å². The standard InChI is InChI=1S/C20H15F4N3O6S/c21-10-2-1-3-11(14(10)33-19(32)20(22,23)24)26-5-4-8(15(26)28)6-9-7-34-17-12(25)16(29)27(17)13(9)18(30)31/h1-3,6,12,17H,4-5,7,25H2,(H,30,31)/b8-6+/t12-,17-/m1/s1. The first-order valence-electron chi connectivity index (χ1n) is 9.68. The van der Waals surface area contributed by atoms with E-state index in [0.29, 0.717) is 0 Å². The number of nitrogens with two attached hydrogens (primary N) is 1. The highest BCUT2D eigenvalue weighted by Gasteiger charge is 2.51. The molecule has 4 rings (SSSR count). The molecule has 3 aliphatic rings. The molecular weight excluding hydrogens is 486 g/mol. The topological polar surface area (TPSA) is 130 Å². The van der Waals surface area contributed by atoms with Gasteiger partial charge in [0.15, 0.2) is 11.6 Å². The number of para-hydroxylation sites is 1. The minimum Gasteiger partial charge on any atom is -0.477 e. The maximum absolute atomic E-state index is 14.2. The molecule has 0 aliphatic carbocycles. The number of allylic oxidation sites excluding steroid dienone is 1. The number of hydrogen-bond donors (Lipinski definition) is 2. The van der Waals surface area contributed by atoms with E-state index in [1.54, 1.807) is 0 Å². The van der Waals surface area contributed by atoms with Gasteiger partial charge in [-0.15, -0.1) is 11.8 Å². The number of anilines is 1. The average molecular weight is 501 g/mol. The van der Waals surface area contributed by atoms with E-state index in [9.17, 15) is 41.8 Å². The van der Waals surface area contributed by atoms with Gasteiger partial charge < -0.3 is 20.5 Å². The molecule has 3 aliphatic heterocycles. The van der Waals surface area contributed by atoms with Crippen molar-refractivity contribution < 1.29 is 46.6 Å². The lowest BCUT2D eigenvalue weighted by Gasteiger charge is -2.47. The summed E-state index contributed by atoms with van der Waals surface area (Å²) in [5.74, 6) is -7.53. The summed E-state index contributed by atoms with van der Waals surface area (Å²) in [4.78, 5) is 50.1. The molecule has 3 heterocycles. The first-order valence-corrected chi connectivity index (χ1v) is 10.7. The van der Waals surface area contributed by atoms with Crippen molar-refractivity contribution in [3.05, 3.63) is 46.9 Å². The number of β-lactam (4-membered cyclic amide) rings is 1. The van der Waals surface area contributed by atoms with Crippen LogP contribution in [0, 0.1) is 5.82 Å². The molecule has 0 aromatic heterocycles. The van der Waals surface area contributed by atoms with E-state index in [0.717, 1.165) is 28.0 Å². The Kier molecular flexibility index (Phi) is 5.89. The summed E-state index contributed by atoms with van der Waals surface area (Å²) in [6.07, 6.45) is -4.04. The van der Waals surface area contributed by atoms with E-state index >= 15 is 0 Å². The summed E-state index contributed by atoms with van der Waals surface area (Å²) >= 11 is 1.23. The molecule has 1 aromatic carbocycles. The molecule has 2 fully saturated rings. The Hall–Kier alpha value is -3.39. The second-order valence-electron chi connectivity index (χ2n) is 7.47. The highest BCUT2D eigenvalue weighted by molar-refractivity contribution is 8.00. The van der Waals surface area contributed by atoms with Gasteiger partial charge in [-0.2, -0.15) is 13.2 Å². The Morgan fingerprint density at radius 1 is 1.26 bits per heavy atom. The molecule has 0 spiro atoms. The number of carboxylic acid groups (broad SMARTS) is 1. The molecule has 2 saturated heterocycles. The van der Waals surface area contributed by atoms with Crippen LogP contribution in [0.15, 0.2) is 41.1 Å². The number of aliphatic carboxylic acids is 1. The van der Waals surface area contributed by atoms with Gasteiger partial charge in [0.1, 0.15) is 17.1 Å². The number of alkyl halides is 3. The number of thioether (sulfide) groups is 1. The Labute approximate surface area is 192 Å². The van der Waals surface area contributed by atoms with E-state index in [2.05, 4.69) is 4.74 Å². The van der Waals surface area contributed by atoms with Gasteiger partial charge in [0.05, 0.1) is 5.69 Å². The van der Waals surface area contributed by atoms with E-state index < -0.39 is 52.9 Å². The number of carbonyl (C=O) groups is 4. The number of benzene rings is 1. The van der Waals surface area contributed by atoms with Crippen molar-refractivity contribution >= 4 is 41.2 Å². The third-order valence-corrected chi connectivity index (χ3v) is 6.70. The third kappa shape index (κ3) is 3.92. The van der Waals surface area contributed by atoms with Crippen LogP contribution < -0.4 is 15.4 Å². The van der Waals surface area contributed by atoms with E-state index in [1.807, 2.05) is 0 Å². The minimum atomic E-state index is -5.38. The predicted octanol–water partition coefficient (Wildman–Crippen LogP) is 1.54. The Bertz CT molecular complexity index is 1180. The van der Waals surface area contributed by atoms with Crippen molar-refractivity contribution in [2.45, 2.75) is 24.0 Å². The van der Waals surface area contributed by atoms with Crippen molar-refractivity contribution in [3.8, 4) is 5.75 Å². The van der Waals surface area contributed by atoms with Gasteiger partial charge >= 0.3 is 18.1 Å². The van der Waals surface area contributed by atoms with E-state index in [4.69, 9.17) is 5.73 Å². The molecule has 180 valence electrons. The third-order valence-electron chi connectivity index (χ3n) is 5.38. The van der Waals surface area contributed by atoms with Gasteiger partial charge in [0.2, 0.25) is 5.91 Å². The molecule has 2 amide bonds. The number of amides is 2. The lowest BCUT2D eigenvalue weighted by atomic mass is 10.0. The van der Waals surface area contributed by atoms with Crippen molar-refractivity contribution in [1.82, 2.24) is 4.90 Å². The van der Waals surface area contributed by atoms with Crippen molar-refractivity contribution in [2.75, 3.05) is 17.2 Å². The molecule has 34 heavy (non-hydrogen) atoms. The van der Waals surface area contributed by atoms with Gasteiger partial charge in [-0.3, -0.25) is 14.5 Å². The molecule has 0 saturated carbocycles. The quantitative estimate of drug-likeness (QED) is 0.209. The normalized spacial score (nSPS) is 23.9. The van der Waals surface area contributed by atoms with Gasteiger partial charge in [-0.05, 0) is 30.2 Å². The Morgan fingerprint density at radius 3 is 2.62 bits per heavy atom. The molecule has 1 aromatic rings. The number of hydrogen-bond acceptors (Lipinski definition) is 7. The molecular formula is C20H15F4N3O6S. The summed E-state index contributed by atoms with van der Waals surface area (Å²) in [6.45, 7) is -0.0936. The molecule has 9 nitrogen and oxygen atoms in total. The van der Waals surface area contributed by atoms with Gasteiger partial charge in [-0.25, -0.2) is 14.0 Å². The first kappa shape index (κ1) is 23.8. The number of halogens is 4. The van der Waals surface area contributed by atoms with Crippen LogP contribution in [-0.4, -0.2) is 63.6 Å². The van der Waals surface area contributed by atoms with Gasteiger partial charge in [0, 0.05) is 17.9 Å². The van der Waals surface area contributed by atoms with Crippen molar-refractivity contribution in [2.24, 2.45) is 5.73 Å².